The molecule has 0 spiro atoms. The highest BCUT2D eigenvalue weighted by Gasteiger charge is 2.18. The van der Waals surface area contributed by atoms with Crippen molar-refractivity contribution in [3.63, 3.8) is 0 Å². The maximum absolute atomic E-state index is 12.1. The zero-order valence-electron chi connectivity index (χ0n) is 11.9. The van der Waals surface area contributed by atoms with Crippen molar-refractivity contribution in [2.45, 2.75) is 44.6 Å². The topological polar surface area (TPSA) is 72.2 Å². The number of sulfonamides is 1. The summed E-state index contributed by atoms with van der Waals surface area (Å²) in [4.78, 5) is 0.287. The van der Waals surface area contributed by atoms with E-state index in [1.54, 1.807) is 24.3 Å². The Hall–Kier alpha value is -0.910. The molecule has 3 N–H and O–H groups in total. The molecule has 1 unspecified atom stereocenters. The second-order valence-electron chi connectivity index (χ2n) is 4.91. The Bertz CT molecular complexity index is 479. The van der Waals surface area contributed by atoms with Crippen molar-refractivity contribution in [1.29, 1.82) is 0 Å². The van der Waals surface area contributed by atoms with Gasteiger partial charge in [0.2, 0.25) is 10.0 Å². The molecular weight excluding hydrogens is 260 g/mol. The second kappa shape index (κ2) is 7.03. The molecule has 0 fully saturated rings. The van der Waals surface area contributed by atoms with Crippen molar-refractivity contribution in [3.05, 3.63) is 29.8 Å². The molecule has 0 aliphatic rings. The van der Waals surface area contributed by atoms with Crippen LogP contribution in [0.2, 0.25) is 0 Å². The first-order valence-electron chi connectivity index (χ1n) is 6.72. The highest BCUT2D eigenvalue weighted by atomic mass is 32.2. The molecule has 0 saturated heterocycles. The van der Waals surface area contributed by atoms with E-state index in [0.717, 1.165) is 18.4 Å². The first kappa shape index (κ1) is 16.1. The van der Waals surface area contributed by atoms with Crippen molar-refractivity contribution < 1.29 is 8.42 Å². The molecule has 0 saturated carbocycles. The third kappa shape index (κ3) is 4.60. The summed E-state index contributed by atoms with van der Waals surface area (Å²) in [6, 6.07) is 6.65. The first-order chi connectivity index (χ1) is 8.90. The molecule has 19 heavy (non-hydrogen) atoms. The molecule has 108 valence electrons. The van der Waals surface area contributed by atoms with Crippen LogP contribution in [0.4, 0.5) is 0 Å². The minimum atomic E-state index is -3.45. The lowest BCUT2D eigenvalue weighted by molar-refractivity contribution is 0.392. The molecular formula is C14H24N2O2S. The summed E-state index contributed by atoms with van der Waals surface area (Å²) in [6.07, 6.45) is 1.92. The van der Waals surface area contributed by atoms with Crippen molar-refractivity contribution in [3.8, 4) is 0 Å². The quantitative estimate of drug-likeness (QED) is 0.805. The summed E-state index contributed by atoms with van der Waals surface area (Å²) in [5.41, 5.74) is 7.06. The summed E-state index contributed by atoms with van der Waals surface area (Å²) in [6.45, 7) is 6.35. The normalized spacial score (nSPS) is 13.7. The van der Waals surface area contributed by atoms with Gasteiger partial charge in [0.05, 0.1) is 4.90 Å². The minimum absolute atomic E-state index is 0.143. The zero-order chi connectivity index (χ0) is 14.5. The molecule has 1 atom stereocenters. The molecule has 0 heterocycles. The van der Waals surface area contributed by atoms with Crippen LogP contribution in [-0.2, 0) is 10.0 Å². The van der Waals surface area contributed by atoms with Crippen molar-refractivity contribution in [1.82, 2.24) is 4.72 Å². The average molecular weight is 284 g/mol. The minimum Gasteiger partial charge on any atom is -0.326 e. The Balaban J connectivity index is 2.68. The predicted molar refractivity (Wildman–Crippen MR) is 78.4 cm³/mol. The third-order valence-corrected chi connectivity index (χ3v) is 4.93. The first-order valence-corrected chi connectivity index (χ1v) is 8.21. The van der Waals surface area contributed by atoms with Gasteiger partial charge in [0.25, 0.3) is 0 Å². The number of hydrogen-bond donors (Lipinski definition) is 2. The number of nitrogens with one attached hydrogen (secondary N) is 1. The van der Waals surface area contributed by atoms with E-state index < -0.39 is 10.0 Å². The van der Waals surface area contributed by atoms with Gasteiger partial charge in [-0.1, -0.05) is 44.4 Å². The Morgan fingerprint density at radius 3 is 2.16 bits per heavy atom. The molecule has 4 nitrogen and oxygen atoms in total. The number of rotatable bonds is 7. The number of benzene rings is 1. The van der Waals surface area contributed by atoms with E-state index >= 15 is 0 Å². The Morgan fingerprint density at radius 2 is 1.68 bits per heavy atom. The standard InChI is InChI=1S/C14H24N2O2S/c1-4-12(5-2)14(15)10-16-19(17,18)13-8-6-11(3)7-9-13/h6-9,12,14,16H,4-5,10,15H2,1-3H3. The smallest absolute Gasteiger partial charge is 0.240 e. The second-order valence-corrected chi connectivity index (χ2v) is 6.67. The largest absolute Gasteiger partial charge is 0.326 e. The van der Waals surface area contributed by atoms with Crippen LogP contribution in [0, 0.1) is 12.8 Å². The summed E-state index contributed by atoms with van der Waals surface area (Å²) >= 11 is 0. The molecule has 0 aliphatic carbocycles. The summed E-state index contributed by atoms with van der Waals surface area (Å²) < 4.78 is 26.8. The van der Waals surface area contributed by atoms with E-state index in [4.69, 9.17) is 5.73 Å². The van der Waals surface area contributed by atoms with Gasteiger partial charge in [-0.25, -0.2) is 13.1 Å². The van der Waals surface area contributed by atoms with Gasteiger partial charge in [0, 0.05) is 12.6 Å². The lowest BCUT2D eigenvalue weighted by Crippen LogP contribution is -2.41. The molecule has 0 bridgehead atoms. The van der Waals surface area contributed by atoms with Gasteiger partial charge in [0.15, 0.2) is 0 Å². The summed E-state index contributed by atoms with van der Waals surface area (Å²) in [7, 11) is -3.45. The molecule has 1 rings (SSSR count). The van der Waals surface area contributed by atoms with Crippen molar-refractivity contribution >= 4 is 10.0 Å². The molecule has 0 amide bonds. The van der Waals surface area contributed by atoms with E-state index in [-0.39, 0.29) is 17.5 Å². The van der Waals surface area contributed by atoms with E-state index in [1.807, 2.05) is 6.92 Å². The molecule has 0 radical (unpaired) electrons. The number of hydrogen-bond acceptors (Lipinski definition) is 3. The van der Waals surface area contributed by atoms with E-state index in [0.29, 0.717) is 5.92 Å². The van der Waals surface area contributed by atoms with Crippen LogP contribution in [0.15, 0.2) is 29.2 Å². The van der Waals surface area contributed by atoms with Gasteiger partial charge in [0.1, 0.15) is 0 Å². The van der Waals surface area contributed by atoms with Crippen molar-refractivity contribution in [2.24, 2.45) is 11.7 Å². The summed E-state index contributed by atoms with van der Waals surface area (Å²) in [5.74, 6) is 0.348. The maximum atomic E-state index is 12.1. The SMILES string of the molecule is CCC(CC)C(N)CNS(=O)(=O)c1ccc(C)cc1. The number of nitrogens with two attached hydrogens (primary N) is 1. The van der Waals surface area contributed by atoms with Gasteiger partial charge in [-0.3, -0.25) is 0 Å². The lowest BCUT2D eigenvalue weighted by atomic mass is 9.95. The molecule has 5 heteroatoms. The van der Waals surface area contributed by atoms with Crippen LogP contribution in [0.3, 0.4) is 0 Å². The molecule has 1 aromatic carbocycles. The van der Waals surface area contributed by atoms with Crippen LogP contribution in [-0.4, -0.2) is 21.0 Å². The Labute approximate surface area is 116 Å². The Kier molecular flexibility index (Phi) is 5.97. The van der Waals surface area contributed by atoms with E-state index in [2.05, 4.69) is 18.6 Å². The van der Waals surface area contributed by atoms with Gasteiger partial charge < -0.3 is 5.73 Å². The zero-order valence-corrected chi connectivity index (χ0v) is 12.7. The maximum Gasteiger partial charge on any atom is 0.240 e. The highest BCUT2D eigenvalue weighted by Crippen LogP contribution is 2.13. The highest BCUT2D eigenvalue weighted by molar-refractivity contribution is 7.89. The van der Waals surface area contributed by atoms with Crippen LogP contribution in [0.5, 0.6) is 0 Å². The fourth-order valence-corrected chi connectivity index (χ4v) is 3.14. The van der Waals surface area contributed by atoms with Crippen LogP contribution < -0.4 is 10.5 Å². The van der Waals surface area contributed by atoms with Crippen LogP contribution in [0.25, 0.3) is 0 Å². The molecule has 0 aromatic heterocycles. The van der Waals surface area contributed by atoms with Crippen molar-refractivity contribution in [2.75, 3.05) is 6.54 Å². The molecule has 0 aliphatic heterocycles. The third-order valence-electron chi connectivity index (χ3n) is 3.49. The average Bonchev–Trinajstić information content (AvgIpc) is 2.38. The van der Waals surface area contributed by atoms with Crippen LogP contribution >= 0.6 is 0 Å². The molecule has 1 aromatic rings. The van der Waals surface area contributed by atoms with E-state index in [9.17, 15) is 8.42 Å². The fraction of sp³-hybridized carbons (Fsp3) is 0.571. The lowest BCUT2D eigenvalue weighted by Gasteiger charge is -2.21. The van der Waals surface area contributed by atoms with Gasteiger partial charge >= 0.3 is 0 Å². The predicted octanol–water partition coefficient (Wildman–Crippen LogP) is 2.04. The number of aryl methyl sites for hydroxylation is 1. The summed E-state index contributed by atoms with van der Waals surface area (Å²) in [5, 5.41) is 0. The van der Waals surface area contributed by atoms with E-state index in [1.165, 1.54) is 0 Å². The Morgan fingerprint density at radius 1 is 1.16 bits per heavy atom. The van der Waals surface area contributed by atoms with Crippen LogP contribution in [0.1, 0.15) is 32.3 Å². The van der Waals surface area contributed by atoms with Gasteiger partial charge in [-0.05, 0) is 25.0 Å². The monoisotopic (exact) mass is 284 g/mol. The van der Waals surface area contributed by atoms with Gasteiger partial charge in [-0.15, -0.1) is 0 Å². The van der Waals surface area contributed by atoms with Gasteiger partial charge in [-0.2, -0.15) is 0 Å². The fourth-order valence-electron chi connectivity index (χ4n) is 2.07.